The highest BCUT2D eigenvalue weighted by Gasteiger charge is 2.22. The van der Waals surface area contributed by atoms with Gasteiger partial charge in [0.05, 0.1) is 27.6 Å². The number of para-hydroxylation sites is 3. The van der Waals surface area contributed by atoms with Gasteiger partial charge in [0, 0.05) is 44.9 Å². The molecule has 3 aromatic heterocycles. The van der Waals surface area contributed by atoms with E-state index < -0.39 is 0 Å². The highest BCUT2D eigenvalue weighted by Crippen LogP contribution is 2.43. The minimum Gasteiger partial charge on any atom is -0.334 e. The van der Waals surface area contributed by atoms with Crippen LogP contribution in [0.5, 0.6) is 0 Å². The lowest BCUT2D eigenvalue weighted by Crippen LogP contribution is -2.31. The molecule has 0 saturated heterocycles. The van der Waals surface area contributed by atoms with Crippen LogP contribution in [0.2, 0.25) is 0 Å². The summed E-state index contributed by atoms with van der Waals surface area (Å²) in [6, 6.07) is 68.4. The Labute approximate surface area is 378 Å². The van der Waals surface area contributed by atoms with Gasteiger partial charge in [-0.3, -0.25) is 4.99 Å². The van der Waals surface area contributed by atoms with Crippen LogP contribution in [0, 0.1) is 6.92 Å². The lowest BCUT2D eigenvalue weighted by atomic mass is 9.88. The average molecular weight is 838 g/mol. The van der Waals surface area contributed by atoms with Crippen molar-refractivity contribution in [1.29, 1.82) is 0 Å². The maximum Gasteiger partial charge on any atom is 0.147 e. The third kappa shape index (κ3) is 6.07. The van der Waals surface area contributed by atoms with Crippen molar-refractivity contribution in [2.75, 3.05) is 7.05 Å². The third-order valence-corrected chi connectivity index (χ3v) is 13.8. The molecule has 0 fully saturated rings. The van der Waals surface area contributed by atoms with Gasteiger partial charge in [0.25, 0.3) is 0 Å². The number of fused-ring (bicyclic) bond motifs is 10. The van der Waals surface area contributed by atoms with Crippen molar-refractivity contribution >= 4 is 83.2 Å². The molecule has 12 rings (SSSR count). The molecule has 0 radical (unpaired) electrons. The Balaban J connectivity index is 0.950. The summed E-state index contributed by atoms with van der Waals surface area (Å²) in [7, 11) is 2.06. The number of rotatable bonds is 9. The maximum absolute atomic E-state index is 5.37. The molecule has 9 aromatic carbocycles. The molecule has 5 nitrogen and oxygen atoms in total. The van der Waals surface area contributed by atoms with E-state index in [0.29, 0.717) is 6.67 Å². The Hall–Kier alpha value is -8.02. The third-order valence-electron chi connectivity index (χ3n) is 13.8. The second-order valence-electron chi connectivity index (χ2n) is 17.4. The van der Waals surface area contributed by atoms with Crippen LogP contribution in [0.3, 0.4) is 0 Å². The normalized spacial score (nSPS) is 12.8. The van der Waals surface area contributed by atoms with Crippen LogP contribution in [0.25, 0.3) is 92.9 Å². The van der Waals surface area contributed by atoms with Crippen molar-refractivity contribution in [3.05, 3.63) is 210 Å². The summed E-state index contributed by atoms with van der Waals surface area (Å²) in [6.45, 7) is 8.97. The number of nitrogens with zero attached hydrogens (tertiary/aromatic N) is 5. The van der Waals surface area contributed by atoms with E-state index in [1.54, 1.807) is 0 Å². The van der Waals surface area contributed by atoms with E-state index in [4.69, 9.17) is 4.99 Å². The van der Waals surface area contributed by atoms with E-state index in [1.165, 1.54) is 93.0 Å². The smallest absolute Gasteiger partial charge is 0.147 e. The lowest BCUT2D eigenvalue weighted by Gasteiger charge is -2.28. The van der Waals surface area contributed by atoms with Crippen LogP contribution in [-0.4, -0.2) is 33.5 Å². The van der Waals surface area contributed by atoms with Crippen molar-refractivity contribution in [2.45, 2.75) is 33.1 Å². The lowest BCUT2D eigenvalue weighted by molar-refractivity contribution is 0.388. The fraction of sp³-hybridized carbons (Fsp3) is 0.100. The highest BCUT2D eigenvalue weighted by atomic mass is 15.3. The molecule has 3 heterocycles. The van der Waals surface area contributed by atoms with Gasteiger partial charge in [0.15, 0.2) is 0 Å². The van der Waals surface area contributed by atoms with Crippen molar-refractivity contribution in [3.63, 3.8) is 0 Å². The quantitative estimate of drug-likeness (QED) is 0.105. The molecule has 0 aliphatic carbocycles. The van der Waals surface area contributed by atoms with Crippen LogP contribution in [-0.2, 0) is 13.1 Å². The fourth-order valence-electron chi connectivity index (χ4n) is 10.7. The Morgan fingerprint density at radius 1 is 0.554 bits per heavy atom. The predicted octanol–water partition coefficient (Wildman–Crippen LogP) is 15.0. The summed E-state index contributed by atoms with van der Waals surface area (Å²) >= 11 is 0. The number of aliphatic imine (C=N–C) groups is 2. The topological polar surface area (TPSA) is 37.3 Å². The molecule has 0 aliphatic heterocycles. The van der Waals surface area contributed by atoms with Gasteiger partial charge in [-0.05, 0) is 112 Å². The monoisotopic (exact) mass is 837 g/mol. The van der Waals surface area contributed by atoms with E-state index in [1.807, 2.05) is 24.3 Å². The van der Waals surface area contributed by atoms with Gasteiger partial charge in [0.2, 0.25) is 0 Å². The van der Waals surface area contributed by atoms with Crippen LogP contribution in [0.1, 0.15) is 35.3 Å². The molecule has 5 heteroatoms. The zero-order chi connectivity index (χ0) is 43.8. The molecule has 0 amide bonds. The molecule has 0 bridgehead atoms. The SMILES string of the molecule is C=NC(c1ccccc1)N(C)/C(=N\Cn1c2ccccc2c2cc(-c3ccc(C)c(-c4ccc5cc6c(cc5c4CC)c4cccc5c7ccccc7n6c54)c3)ccc21)c1ccccc1. The van der Waals surface area contributed by atoms with Crippen LogP contribution in [0.4, 0.5) is 0 Å². The van der Waals surface area contributed by atoms with Crippen molar-refractivity contribution in [1.82, 2.24) is 13.9 Å². The number of benzene rings is 9. The van der Waals surface area contributed by atoms with E-state index in [2.05, 4.69) is 210 Å². The zero-order valence-corrected chi connectivity index (χ0v) is 36.8. The van der Waals surface area contributed by atoms with E-state index >= 15 is 0 Å². The molecule has 65 heavy (non-hydrogen) atoms. The first-order chi connectivity index (χ1) is 32.0. The predicted molar refractivity (Wildman–Crippen MR) is 276 cm³/mol. The van der Waals surface area contributed by atoms with Crippen molar-refractivity contribution < 1.29 is 0 Å². The van der Waals surface area contributed by atoms with Crippen LogP contribution < -0.4 is 0 Å². The maximum atomic E-state index is 5.37. The molecular weight excluding hydrogens is 791 g/mol. The molecule has 312 valence electrons. The Morgan fingerprint density at radius 2 is 1.18 bits per heavy atom. The summed E-state index contributed by atoms with van der Waals surface area (Å²) in [5, 5.41) is 10.3. The van der Waals surface area contributed by atoms with Gasteiger partial charge in [-0.2, -0.15) is 0 Å². The van der Waals surface area contributed by atoms with E-state index in [9.17, 15) is 0 Å². The molecule has 0 saturated carbocycles. The molecule has 1 unspecified atom stereocenters. The first kappa shape index (κ1) is 38.6. The Kier molecular flexibility index (Phi) is 9.13. The van der Waals surface area contributed by atoms with Gasteiger partial charge in [-0.25, -0.2) is 4.99 Å². The molecule has 1 atom stereocenters. The second kappa shape index (κ2) is 15.4. The molecule has 0 N–H and O–H groups in total. The first-order valence-corrected chi connectivity index (χ1v) is 22.6. The zero-order valence-electron chi connectivity index (χ0n) is 36.8. The van der Waals surface area contributed by atoms with Gasteiger partial charge in [-0.15, -0.1) is 0 Å². The first-order valence-electron chi connectivity index (χ1n) is 22.6. The van der Waals surface area contributed by atoms with Gasteiger partial charge in [0.1, 0.15) is 18.7 Å². The summed E-state index contributed by atoms with van der Waals surface area (Å²) in [5.74, 6) is 0.854. The number of amidine groups is 1. The average Bonchev–Trinajstić information content (AvgIpc) is 3.99. The molecule has 12 aromatic rings. The molecule has 0 spiro atoms. The standard InChI is InChI=1S/C60H47N5/c1-5-44-45(31-29-43-35-57-53(36-51(43)44)49-24-16-23-48-46-21-13-15-26-56(46)65(57)58(48)49)50-33-41(28-27-38(50)2)42-30-32-55-52(34-42)47-22-12-14-25-54(47)64(55)37-62-60(40-19-10-7-11-20-40)63(4)59(61-3)39-17-8-6-9-18-39/h6-36,59H,3,5,37H2,1-2,4H3/b62-60-. The van der Waals surface area contributed by atoms with E-state index in [0.717, 1.165) is 34.4 Å². The van der Waals surface area contributed by atoms with Crippen molar-refractivity contribution in [2.24, 2.45) is 9.98 Å². The fourth-order valence-corrected chi connectivity index (χ4v) is 10.7. The molecular formula is C60H47N5. The van der Waals surface area contributed by atoms with Crippen molar-refractivity contribution in [3.8, 4) is 22.3 Å². The van der Waals surface area contributed by atoms with Crippen LogP contribution >= 0.6 is 0 Å². The highest BCUT2D eigenvalue weighted by molar-refractivity contribution is 6.25. The summed E-state index contributed by atoms with van der Waals surface area (Å²) in [6.07, 6.45) is 0.644. The Bertz CT molecular complexity index is 3840. The summed E-state index contributed by atoms with van der Waals surface area (Å²) in [5.41, 5.74) is 15.9. The summed E-state index contributed by atoms with van der Waals surface area (Å²) < 4.78 is 4.82. The number of hydrogen-bond acceptors (Lipinski definition) is 2. The summed E-state index contributed by atoms with van der Waals surface area (Å²) in [4.78, 5) is 12.1. The second-order valence-corrected chi connectivity index (χ2v) is 17.4. The van der Waals surface area contributed by atoms with Gasteiger partial charge in [-0.1, -0.05) is 153 Å². The molecule has 0 aliphatic rings. The van der Waals surface area contributed by atoms with Gasteiger partial charge >= 0.3 is 0 Å². The Morgan fingerprint density at radius 3 is 1.95 bits per heavy atom. The van der Waals surface area contributed by atoms with Gasteiger partial charge < -0.3 is 13.9 Å². The minimum absolute atomic E-state index is 0.288. The van der Waals surface area contributed by atoms with Crippen LogP contribution in [0.15, 0.2) is 198 Å². The number of hydrogen-bond donors (Lipinski definition) is 0. The number of aromatic nitrogens is 2. The largest absolute Gasteiger partial charge is 0.334 e. The number of aryl methyl sites for hydroxylation is 2. The minimum atomic E-state index is -0.288. The van der Waals surface area contributed by atoms with E-state index in [-0.39, 0.29) is 6.17 Å².